The van der Waals surface area contributed by atoms with Crippen molar-refractivity contribution in [2.75, 3.05) is 36.9 Å². The summed E-state index contributed by atoms with van der Waals surface area (Å²) in [5.74, 6) is -0.153. The number of nitrogens with one attached hydrogen (secondary N) is 1. The van der Waals surface area contributed by atoms with Crippen molar-refractivity contribution >= 4 is 27.4 Å². The molecule has 0 spiro atoms. The Hall–Kier alpha value is -2.94. The molecule has 0 unspecified atom stereocenters. The highest BCUT2D eigenvalue weighted by Gasteiger charge is 2.25. The van der Waals surface area contributed by atoms with Gasteiger partial charge in [0.15, 0.2) is 0 Å². The lowest BCUT2D eigenvalue weighted by Gasteiger charge is -2.34. The number of carboxylic acids is 1. The van der Waals surface area contributed by atoms with Crippen LogP contribution < -0.4 is 19.1 Å². The average Bonchev–Trinajstić information content (AvgIpc) is 2.72. The van der Waals surface area contributed by atoms with Crippen molar-refractivity contribution in [3.05, 3.63) is 42.0 Å². The van der Waals surface area contributed by atoms with E-state index in [1.54, 1.807) is 12.1 Å². The first-order chi connectivity index (χ1) is 14.2. The Kier molecular flexibility index (Phi) is 6.40. The SMILES string of the molecule is COc1ccc(OC)c(S(=O)(=O)Nc2cc(C(=O)O)ccc2N2CCC[C@@H](C)C2)c1. The second kappa shape index (κ2) is 8.83. The molecule has 3 rings (SSSR count). The fourth-order valence-corrected chi connectivity index (χ4v) is 4.88. The van der Waals surface area contributed by atoms with Gasteiger partial charge in [-0.3, -0.25) is 4.72 Å². The molecule has 1 atom stereocenters. The molecule has 2 aromatic rings. The van der Waals surface area contributed by atoms with Crippen LogP contribution in [0.15, 0.2) is 41.3 Å². The second-order valence-electron chi connectivity index (χ2n) is 7.35. The summed E-state index contributed by atoms with van der Waals surface area (Å²) in [6, 6.07) is 8.97. The van der Waals surface area contributed by atoms with Crippen molar-refractivity contribution in [3.63, 3.8) is 0 Å². The van der Waals surface area contributed by atoms with Crippen LogP contribution in [-0.2, 0) is 10.0 Å². The van der Waals surface area contributed by atoms with Crippen LogP contribution in [0, 0.1) is 5.92 Å². The van der Waals surface area contributed by atoms with Crippen molar-refractivity contribution in [2.24, 2.45) is 5.92 Å². The fraction of sp³-hybridized carbons (Fsp3) is 0.381. The standard InChI is InChI=1S/C21H26N2O6S/c1-14-5-4-10-23(13-14)18-8-6-15(21(24)25)11-17(18)22-30(26,27)20-12-16(28-2)7-9-19(20)29-3/h6-9,11-12,14,22H,4-5,10,13H2,1-3H3,(H,24,25)/t14-/m1/s1. The van der Waals surface area contributed by atoms with Crippen LogP contribution in [0.5, 0.6) is 11.5 Å². The molecule has 0 amide bonds. The molecular weight excluding hydrogens is 408 g/mol. The minimum absolute atomic E-state index is 0.000819. The van der Waals surface area contributed by atoms with E-state index in [4.69, 9.17) is 9.47 Å². The Morgan fingerprint density at radius 3 is 2.57 bits per heavy atom. The highest BCUT2D eigenvalue weighted by molar-refractivity contribution is 7.92. The monoisotopic (exact) mass is 434 g/mol. The van der Waals surface area contributed by atoms with Gasteiger partial charge in [0.05, 0.1) is 31.2 Å². The molecule has 0 radical (unpaired) electrons. The molecule has 30 heavy (non-hydrogen) atoms. The number of aromatic carboxylic acids is 1. The second-order valence-corrected chi connectivity index (χ2v) is 9.00. The third-order valence-corrected chi connectivity index (χ3v) is 6.53. The van der Waals surface area contributed by atoms with Crippen molar-refractivity contribution in [1.29, 1.82) is 0 Å². The van der Waals surface area contributed by atoms with E-state index in [0.717, 1.165) is 25.9 Å². The molecule has 8 nitrogen and oxygen atoms in total. The summed E-state index contributed by atoms with van der Waals surface area (Å²) in [4.78, 5) is 13.5. The molecule has 162 valence electrons. The number of piperidine rings is 1. The van der Waals surface area contributed by atoms with Crippen LogP contribution in [-0.4, -0.2) is 46.8 Å². The van der Waals surface area contributed by atoms with Crippen LogP contribution in [0.4, 0.5) is 11.4 Å². The zero-order valence-electron chi connectivity index (χ0n) is 17.2. The number of ether oxygens (including phenoxy) is 2. The van der Waals surface area contributed by atoms with Crippen LogP contribution >= 0.6 is 0 Å². The zero-order chi connectivity index (χ0) is 21.9. The number of carboxylic acid groups (broad SMARTS) is 1. The zero-order valence-corrected chi connectivity index (χ0v) is 18.0. The van der Waals surface area contributed by atoms with Gasteiger partial charge < -0.3 is 19.5 Å². The molecule has 1 heterocycles. The van der Waals surface area contributed by atoms with E-state index in [-0.39, 0.29) is 21.9 Å². The Bertz CT molecular complexity index is 1040. The predicted octanol–water partition coefficient (Wildman–Crippen LogP) is 3.44. The van der Waals surface area contributed by atoms with E-state index < -0.39 is 16.0 Å². The maximum Gasteiger partial charge on any atom is 0.335 e. The highest BCUT2D eigenvalue weighted by atomic mass is 32.2. The first-order valence-electron chi connectivity index (χ1n) is 9.62. The molecule has 0 bridgehead atoms. The van der Waals surface area contributed by atoms with Gasteiger partial charge in [0.1, 0.15) is 16.4 Å². The number of nitrogens with zero attached hydrogens (tertiary/aromatic N) is 1. The molecule has 0 saturated carbocycles. The lowest BCUT2D eigenvalue weighted by Crippen LogP contribution is -2.35. The third kappa shape index (κ3) is 4.62. The summed E-state index contributed by atoms with van der Waals surface area (Å²) in [7, 11) is -1.26. The van der Waals surface area contributed by atoms with Crippen molar-refractivity contribution in [2.45, 2.75) is 24.7 Å². The first-order valence-corrected chi connectivity index (χ1v) is 11.1. The lowest BCUT2D eigenvalue weighted by molar-refractivity contribution is 0.0697. The molecule has 1 fully saturated rings. The Morgan fingerprint density at radius 2 is 1.93 bits per heavy atom. The van der Waals surface area contributed by atoms with Crippen LogP contribution in [0.2, 0.25) is 0 Å². The summed E-state index contributed by atoms with van der Waals surface area (Å²) < 4.78 is 39.4. The normalized spacial score (nSPS) is 16.8. The van der Waals surface area contributed by atoms with E-state index in [1.165, 1.54) is 38.5 Å². The maximum absolute atomic E-state index is 13.2. The van der Waals surface area contributed by atoms with Gasteiger partial charge in [-0.15, -0.1) is 0 Å². The molecule has 1 aliphatic rings. The third-order valence-electron chi connectivity index (χ3n) is 5.15. The van der Waals surface area contributed by atoms with E-state index in [1.807, 2.05) is 0 Å². The highest BCUT2D eigenvalue weighted by Crippen LogP contribution is 2.35. The van der Waals surface area contributed by atoms with Crippen molar-refractivity contribution in [1.82, 2.24) is 0 Å². The summed E-state index contributed by atoms with van der Waals surface area (Å²) in [5, 5.41) is 9.39. The number of methoxy groups -OCH3 is 2. The smallest absolute Gasteiger partial charge is 0.335 e. The molecule has 1 aliphatic heterocycles. The molecular formula is C21H26N2O6S. The number of sulfonamides is 1. The number of rotatable bonds is 7. The van der Waals surface area contributed by atoms with E-state index in [0.29, 0.717) is 17.4 Å². The Morgan fingerprint density at radius 1 is 1.17 bits per heavy atom. The van der Waals surface area contributed by atoms with Gasteiger partial charge in [-0.05, 0) is 49.1 Å². The largest absolute Gasteiger partial charge is 0.497 e. The number of hydrogen-bond donors (Lipinski definition) is 2. The molecule has 2 N–H and O–H groups in total. The number of anilines is 2. The molecule has 9 heteroatoms. The average molecular weight is 435 g/mol. The van der Waals surface area contributed by atoms with E-state index >= 15 is 0 Å². The van der Waals surface area contributed by atoms with Gasteiger partial charge in [0, 0.05) is 19.2 Å². The minimum atomic E-state index is -4.08. The lowest BCUT2D eigenvalue weighted by atomic mass is 9.99. The van der Waals surface area contributed by atoms with Crippen LogP contribution in [0.25, 0.3) is 0 Å². The Labute approximate surface area is 176 Å². The topological polar surface area (TPSA) is 105 Å². The molecule has 0 aliphatic carbocycles. The summed E-state index contributed by atoms with van der Waals surface area (Å²) >= 11 is 0. The minimum Gasteiger partial charge on any atom is -0.497 e. The number of benzene rings is 2. The van der Waals surface area contributed by atoms with E-state index in [2.05, 4.69) is 16.5 Å². The van der Waals surface area contributed by atoms with E-state index in [9.17, 15) is 18.3 Å². The number of carbonyl (C=O) groups is 1. The fourth-order valence-electron chi connectivity index (χ4n) is 3.63. The molecule has 1 saturated heterocycles. The summed E-state index contributed by atoms with van der Waals surface area (Å²) in [6.45, 7) is 3.68. The van der Waals surface area contributed by atoms with Gasteiger partial charge in [0.2, 0.25) is 0 Å². The summed E-state index contributed by atoms with van der Waals surface area (Å²) in [6.07, 6.45) is 2.09. The first kappa shape index (κ1) is 21.8. The van der Waals surface area contributed by atoms with Gasteiger partial charge in [-0.25, -0.2) is 13.2 Å². The van der Waals surface area contributed by atoms with Crippen molar-refractivity contribution < 1.29 is 27.8 Å². The quantitative estimate of drug-likeness (QED) is 0.688. The summed E-state index contributed by atoms with van der Waals surface area (Å²) in [5.41, 5.74) is 0.866. The molecule has 2 aromatic carbocycles. The number of hydrogen-bond acceptors (Lipinski definition) is 6. The Balaban J connectivity index is 2.06. The van der Waals surface area contributed by atoms with Gasteiger partial charge in [-0.2, -0.15) is 0 Å². The van der Waals surface area contributed by atoms with Crippen LogP contribution in [0.1, 0.15) is 30.1 Å². The van der Waals surface area contributed by atoms with Gasteiger partial charge in [-0.1, -0.05) is 6.92 Å². The predicted molar refractivity (Wildman–Crippen MR) is 114 cm³/mol. The van der Waals surface area contributed by atoms with Crippen LogP contribution in [0.3, 0.4) is 0 Å². The maximum atomic E-state index is 13.2. The molecule has 0 aromatic heterocycles. The van der Waals surface area contributed by atoms with Crippen molar-refractivity contribution in [3.8, 4) is 11.5 Å². The van der Waals surface area contributed by atoms with Gasteiger partial charge >= 0.3 is 5.97 Å². The van der Waals surface area contributed by atoms with Gasteiger partial charge in [0.25, 0.3) is 10.0 Å².